The highest BCUT2D eigenvalue weighted by Crippen LogP contribution is 2.32. The lowest BCUT2D eigenvalue weighted by molar-refractivity contribution is 0.151. The minimum atomic E-state index is -2.40. The maximum absolute atomic E-state index is 12.4. The number of alkyl halides is 2. The molecular weight excluding hydrogens is 234 g/mol. The van der Waals surface area contributed by atoms with Crippen molar-refractivity contribution >= 4 is 0 Å². The average Bonchev–Trinajstić information content (AvgIpc) is 3.19. The Kier molecular flexibility index (Phi) is 4.66. The van der Waals surface area contributed by atoms with Crippen LogP contribution in [0.3, 0.4) is 0 Å². The summed E-state index contributed by atoms with van der Waals surface area (Å²) in [5.74, 6) is 0.886. The number of nitrogens with two attached hydrogens (primary N) is 1. The lowest BCUT2D eigenvalue weighted by Crippen LogP contribution is -2.29. The summed E-state index contributed by atoms with van der Waals surface area (Å²) in [5.41, 5.74) is 6.77. The third-order valence-corrected chi connectivity index (χ3v) is 3.47. The van der Waals surface area contributed by atoms with Crippen molar-refractivity contribution in [1.29, 1.82) is 0 Å². The molecule has 1 unspecified atom stereocenters. The topological polar surface area (TPSA) is 38.0 Å². The molecule has 0 aliphatic heterocycles. The number of rotatable bonds is 7. The summed E-state index contributed by atoms with van der Waals surface area (Å²) in [6, 6.07) is 6.50. The molecule has 3 N–H and O–H groups in total. The molecule has 0 saturated heterocycles. The summed E-state index contributed by atoms with van der Waals surface area (Å²) in [5, 5.41) is 3.39. The van der Waals surface area contributed by atoms with Crippen molar-refractivity contribution < 1.29 is 8.78 Å². The minimum Gasteiger partial charge on any atom is -0.329 e. The summed E-state index contributed by atoms with van der Waals surface area (Å²) in [4.78, 5) is 0. The normalized spacial score (nSPS) is 17.1. The Bertz CT molecular complexity index is 361. The van der Waals surface area contributed by atoms with Gasteiger partial charge < -0.3 is 11.1 Å². The standard InChI is InChI=1S/C14H20F2N2/c15-14(16)12-5-3-11(4-6-12)13(9-17)18-8-7-10-1-2-10/h3-6,10,13-14,18H,1-2,7-9,17H2. The zero-order valence-corrected chi connectivity index (χ0v) is 10.4. The van der Waals surface area contributed by atoms with Crippen LogP contribution in [0.5, 0.6) is 0 Å². The molecule has 0 aromatic heterocycles. The smallest absolute Gasteiger partial charge is 0.263 e. The lowest BCUT2D eigenvalue weighted by Gasteiger charge is -2.17. The minimum absolute atomic E-state index is 0.0625. The van der Waals surface area contributed by atoms with Crippen molar-refractivity contribution in [2.75, 3.05) is 13.1 Å². The second kappa shape index (κ2) is 6.25. The van der Waals surface area contributed by atoms with Crippen molar-refractivity contribution in [3.05, 3.63) is 35.4 Å². The first-order valence-electron chi connectivity index (χ1n) is 6.52. The van der Waals surface area contributed by atoms with Crippen LogP contribution < -0.4 is 11.1 Å². The molecule has 1 atom stereocenters. The molecule has 1 saturated carbocycles. The van der Waals surface area contributed by atoms with E-state index in [4.69, 9.17) is 5.73 Å². The molecule has 0 heterocycles. The van der Waals surface area contributed by atoms with E-state index in [0.29, 0.717) is 6.54 Å². The largest absolute Gasteiger partial charge is 0.329 e. The fourth-order valence-corrected chi connectivity index (χ4v) is 2.08. The zero-order valence-electron chi connectivity index (χ0n) is 10.4. The first-order valence-corrected chi connectivity index (χ1v) is 6.52. The van der Waals surface area contributed by atoms with Crippen LogP contribution in [0.15, 0.2) is 24.3 Å². The second-order valence-corrected chi connectivity index (χ2v) is 4.94. The van der Waals surface area contributed by atoms with Crippen LogP contribution in [0.1, 0.15) is 42.9 Å². The van der Waals surface area contributed by atoms with Gasteiger partial charge in [-0.05, 0) is 24.4 Å². The summed E-state index contributed by atoms with van der Waals surface area (Å²) in [7, 11) is 0. The van der Waals surface area contributed by atoms with Gasteiger partial charge in [-0.1, -0.05) is 37.1 Å². The molecule has 0 amide bonds. The summed E-state index contributed by atoms with van der Waals surface area (Å²) in [6.07, 6.45) is 1.47. The van der Waals surface area contributed by atoms with E-state index in [1.807, 2.05) is 0 Å². The van der Waals surface area contributed by atoms with E-state index >= 15 is 0 Å². The number of halogens is 2. The van der Waals surface area contributed by atoms with Crippen LogP contribution in [0, 0.1) is 5.92 Å². The van der Waals surface area contributed by atoms with Crippen molar-refractivity contribution in [2.24, 2.45) is 11.7 Å². The molecule has 1 aromatic rings. The number of hydrogen-bond acceptors (Lipinski definition) is 2. The summed E-state index contributed by atoms with van der Waals surface area (Å²) < 4.78 is 24.9. The van der Waals surface area contributed by atoms with Crippen molar-refractivity contribution in [3.8, 4) is 0 Å². The molecule has 18 heavy (non-hydrogen) atoms. The Morgan fingerprint density at radius 1 is 1.17 bits per heavy atom. The van der Waals surface area contributed by atoms with E-state index in [0.717, 1.165) is 18.0 Å². The molecule has 1 aromatic carbocycles. The first kappa shape index (κ1) is 13.4. The van der Waals surface area contributed by atoms with Crippen LogP contribution in [-0.4, -0.2) is 13.1 Å². The van der Waals surface area contributed by atoms with E-state index in [2.05, 4.69) is 5.32 Å². The molecule has 2 nitrogen and oxygen atoms in total. The summed E-state index contributed by atoms with van der Waals surface area (Å²) >= 11 is 0. The van der Waals surface area contributed by atoms with E-state index < -0.39 is 6.43 Å². The van der Waals surface area contributed by atoms with Gasteiger partial charge in [-0.3, -0.25) is 0 Å². The van der Waals surface area contributed by atoms with Gasteiger partial charge >= 0.3 is 0 Å². The van der Waals surface area contributed by atoms with Crippen LogP contribution in [0.25, 0.3) is 0 Å². The van der Waals surface area contributed by atoms with Crippen molar-refractivity contribution in [2.45, 2.75) is 31.7 Å². The van der Waals surface area contributed by atoms with Gasteiger partial charge in [0.2, 0.25) is 0 Å². The third kappa shape index (κ3) is 3.75. The number of nitrogens with one attached hydrogen (secondary N) is 1. The van der Waals surface area contributed by atoms with Gasteiger partial charge in [-0.2, -0.15) is 0 Å². The van der Waals surface area contributed by atoms with Gasteiger partial charge in [0.05, 0.1) is 0 Å². The SMILES string of the molecule is NCC(NCCC1CC1)c1ccc(C(F)F)cc1. The molecule has 0 radical (unpaired) electrons. The quantitative estimate of drug-likeness (QED) is 0.785. The number of hydrogen-bond donors (Lipinski definition) is 2. The Morgan fingerprint density at radius 3 is 2.28 bits per heavy atom. The molecular formula is C14H20F2N2. The lowest BCUT2D eigenvalue weighted by atomic mass is 10.0. The van der Waals surface area contributed by atoms with Gasteiger partial charge in [0.25, 0.3) is 6.43 Å². The Balaban J connectivity index is 1.88. The highest BCUT2D eigenvalue weighted by Gasteiger charge is 2.21. The van der Waals surface area contributed by atoms with Gasteiger partial charge in [0.1, 0.15) is 0 Å². The summed E-state index contributed by atoms with van der Waals surface area (Å²) in [6.45, 7) is 1.43. The van der Waals surface area contributed by atoms with Crippen LogP contribution in [0.2, 0.25) is 0 Å². The number of benzene rings is 1. The fourth-order valence-electron chi connectivity index (χ4n) is 2.08. The second-order valence-electron chi connectivity index (χ2n) is 4.94. The highest BCUT2D eigenvalue weighted by molar-refractivity contribution is 5.26. The molecule has 0 spiro atoms. The van der Waals surface area contributed by atoms with Gasteiger partial charge in [0.15, 0.2) is 0 Å². The Hall–Kier alpha value is -1.00. The van der Waals surface area contributed by atoms with Crippen LogP contribution >= 0.6 is 0 Å². The Labute approximate surface area is 107 Å². The zero-order chi connectivity index (χ0) is 13.0. The van der Waals surface area contributed by atoms with Crippen LogP contribution in [0.4, 0.5) is 8.78 Å². The molecule has 1 fully saturated rings. The molecule has 4 heteroatoms. The molecule has 1 aliphatic carbocycles. The third-order valence-electron chi connectivity index (χ3n) is 3.47. The average molecular weight is 254 g/mol. The maximum atomic E-state index is 12.4. The van der Waals surface area contributed by atoms with Gasteiger partial charge in [0, 0.05) is 18.2 Å². The Morgan fingerprint density at radius 2 is 1.78 bits per heavy atom. The van der Waals surface area contributed by atoms with Gasteiger partial charge in [-0.25, -0.2) is 8.78 Å². The molecule has 0 bridgehead atoms. The maximum Gasteiger partial charge on any atom is 0.263 e. The van der Waals surface area contributed by atoms with E-state index in [1.165, 1.54) is 31.4 Å². The van der Waals surface area contributed by atoms with Gasteiger partial charge in [-0.15, -0.1) is 0 Å². The van der Waals surface area contributed by atoms with Crippen LogP contribution in [-0.2, 0) is 0 Å². The fraction of sp³-hybridized carbons (Fsp3) is 0.571. The monoisotopic (exact) mass is 254 g/mol. The van der Waals surface area contributed by atoms with E-state index in [-0.39, 0.29) is 11.6 Å². The molecule has 2 rings (SSSR count). The van der Waals surface area contributed by atoms with Crippen molar-refractivity contribution in [3.63, 3.8) is 0 Å². The molecule has 1 aliphatic rings. The highest BCUT2D eigenvalue weighted by atomic mass is 19.3. The molecule has 100 valence electrons. The first-order chi connectivity index (χ1) is 8.70. The van der Waals surface area contributed by atoms with Crippen molar-refractivity contribution in [1.82, 2.24) is 5.32 Å². The predicted molar refractivity (Wildman–Crippen MR) is 68.5 cm³/mol. The van der Waals surface area contributed by atoms with E-state index in [9.17, 15) is 8.78 Å². The van der Waals surface area contributed by atoms with E-state index in [1.54, 1.807) is 12.1 Å². The predicted octanol–water partition coefficient (Wildman–Crippen LogP) is 3.01.